The van der Waals surface area contributed by atoms with E-state index < -0.39 is 0 Å². The molecule has 2 nitrogen and oxygen atoms in total. The highest BCUT2D eigenvalue weighted by Gasteiger charge is 2.18. The smallest absolute Gasteiger partial charge is 0.0541 e. The van der Waals surface area contributed by atoms with Crippen molar-refractivity contribution in [2.24, 2.45) is 5.41 Å². The van der Waals surface area contributed by atoms with E-state index in [4.69, 9.17) is 0 Å². The SMILES string of the molecule is CC.C\C=C/C(=C\C=C(/C)C(C)(C)C)n1c2ccccc2c2cc(-c3ccc4c(c3)c3ccccc3n4-c3ccc(C(C)(C)C)cc3)ccc21. The van der Waals surface area contributed by atoms with E-state index in [2.05, 4.69) is 198 Å². The molecule has 0 radical (unpaired) electrons. The molecule has 2 aromatic heterocycles. The average Bonchev–Trinajstić information content (AvgIpc) is 3.62. The van der Waals surface area contributed by atoms with Crippen molar-refractivity contribution in [2.75, 3.05) is 0 Å². The van der Waals surface area contributed by atoms with Crippen molar-refractivity contribution in [3.63, 3.8) is 0 Å². The van der Waals surface area contributed by atoms with Gasteiger partial charge in [-0.3, -0.25) is 0 Å². The molecule has 0 unspecified atom stereocenters. The molecule has 0 atom stereocenters. The maximum atomic E-state index is 2.41. The van der Waals surface area contributed by atoms with Gasteiger partial charge >= 0.3 is 0 Å². The lowest BCUT2D eigenvalue weighted by atomic mass is 9.87. The average molecular weight is 657 g/mol. The molecule has 5 aromatic carbocycles. The molecule has 0 saturated heterocycles. The predicted molar refractivity (Wildman–Crippen MR) is 222 cm³/mol. The Labute approximate surface area is 299 Å². The minimum absolute atomic E-state index is 0.120. The number of aromatic nitrogens is 2. The molecule has 0 saturated carbocycles. The molecule has 0 aliphatic rings. The minimum atomic E-state index is 0.120. The number of hydrogen-bond donors (Lipinski definition) is 0. The Hall–Kier alpha value is -5.08. The van der Waals surface area contributed by atoms with Crippen LogP contribution in [-0.4, -0.2) is 9.13 Å². The molecule has 0 amide bonds. The summed E-state index contributed by atoms with van der Waals surface area (Å²) in [6.45, 7) is 21.9. The molecule has 7 aromatic rings. The molecule has 2 heteroatoms. The second kappa shape index (κ2) is 13.7. The van der Waals surface area contributed by atoms with Crippen molar-refractivity contribution in [3.8, 4) is 16.8 Å². The summed E-state index contributed by atoms with van der Waals surface area (Å²) < 4.78 is 4.81. The third-order valence-corrected chi connectivity index (χ3v) is 9.95. The van der Waals surface area contributed by atoms with Crippen LogP contribution in [0.2, 0.25) is 0 Å². The molecule has 0 aliphatic heterocycles. The van der Waals surface area contributed by atoms with Crippen LogP contribution in [0.3, 0.4) is 0 Å². The van der Waals surface area contributed by atoms with Gasteiger partial charge in [0.2, 0.25) is 0 Å². The summed E-state index contributed by atoms with van der Waals surface area (Å²) in [6.07, 6.45) is 8.88. The van der Waals surface area contributed by atoms with Crippen LogP contribution in [0.5, 0.6) is 0 Å². The Balaban J connectivity index is 0.00000212. The van der Waals surface area contributed by atoms with Crippen molar-refractivity contribution in [2.45, 2.75) is 74.7 Å². The number of para-hydroxylation sites is 2. The zero-order chi connectivity index (χ0) is 35.8. The first-order valence-corrected chi connectivity index (χ1v) is 18.2. The van der Waals surface area contributed by atoms with Crippen molar-refractivity contribution >= 4 is 49.3 Å². The Morgan fingerprint density at radius 2 is 1.06 bits per heavy atom. The zero-order valence-electron chi connectivity index (χ0n) is 31.6. The van der Waals surface area contributed by atoms with E-state index in [1.807, 2.05) is 13.8 Å². The number of allylic oxidation sites excluding steroid dienone is 6. The molecule has 254 valence electrons. The fourth-order valence-electron chi connectivity index (χ4n) is 6.81. The van der Waals surface area contributed by atoms with Gasteiger partial charge in [-0.25, -0.2) is 0 Å². The molecule has 50 heavy (non-hydrogen) atoms. The summed E-state index contributed by atoms with van der Waals surface area (Å²) in [5.74, 6) is 0. The molecule has 0 spiro atoms. The first kappa shape index (κ1) is 34.8. The Morgan fingerprint density at radius 3 is 1.64 bits per heavy atom. The molecule has 7 rings (SSSR count). The maximum absolute atomic E-state index is 2.41. The molecule has 2 heterocycles. The van der Waals surface area contributed by atoms with E-state index >= 15 is 0 Å². The van der Waals surface area contributed by atoms with Crippen molar-refractivity contribution in [3.05, 3.63) is 145 Å². The molecular weight excluding hydrogens is 605 g/mol. The first-order chi connectivity index (χ1) is 24.0. The van der Waals surface area contributed by atoms with Crippen LogP contribution in [0.1, 0.15) is 74.8 Å². The van der Waals surface area contributed by atoms with E-state index in [1.165, 1.54) is 71.6 Å². The Kier molecular flexibility index (Phi) is 9.51. The van der Waals surface area contributed by atoms with Gasteiger partial charge in [-0.15, -0.1) is 0 Å². The summed E-state index contributed by atoms with van der Waals surface area (Å²) in [4.78, 5) is 0. The summed E-state index contributed by atoms with van der Waals surface area (Å²) in [5, 5.41) is 5.06. The minimum Gasteiger partial charge on any atom is -0.309 e. The van der Waals surface area contributed by atoms with E-state index in [0.717, 1.165) is 5.70 Å². The molecule has 0 N–H and O–H groups in total. The van der Waals surface area contributed by atoms with Crippen LogP contribution in [0.15, 0.2) is 139 Å². The van der Waals surface area contributed by atoms with E-state index in [-0.39, 0.29) is 10.8 Å². The second-order valence-electron chi connectivity index (χ2n) is 15.2. The van der Waals surface area contributed by atoms with Gasteiger partial charge in [0.1, 0.15) is 0 Å². The van der Waals surface area contributed by atoms with Crippen LogP contribution < -0.4 is 0 Å². The molecule has 0 fully saturated rings. The fourth-order valence-corrected chi connectivity index (χ4v) is 6.81. The van der Waals surface area contributed by atoms with Gasteiger partial charge in [0.15, 0.2) is 0 Å². The Morgan fingerprint density at radius 1 is 0.560 bits per heavy atom. The Bertz CT molecular complexity index is 2410. The highest BCUT2D eigenvalue weighted by molar-refractivity contribution is 6.13. The monoisotopic (exact) mass is 656 g/mol. The summed E-state index contributed by atoms with van der Waals surface area (Å²) in [5.41, 5.74) is 12.6. The second-order valence-corrected chi connectivity index (χ2v) is 15.2. The predicted octanol–water partition coefficient (Wildman–Crippen LogP) is 14.3. The fraction of sp³-hybridized carbons (Fsp3) is 0.250. The van der Waals surface area contributed by atoms with Gasteiger partial charge in [0.05, 0.1) is 22.1 Å². The topological polar surface area (TPSA) is 9.86 Å². The third-order valence-electron chi connectivity index (χ3n) is 9.95. The van der Waals surface area contributed by atoms with Crippen LogP contribution in [0, 0.1) is 5.41 Å². The summed E-state index contributed by atoms with van der Waals surface area (Å²) in [6, 6.07) is 40.6. The van der Waals surface area contributed by atoms with Crippen molar-refractivity contribution in [1.29, 1.82) is 0 Å². The van der Waals surface area contributed by atoms with Gasteiger partial charge in [-0.05, 0) is 102 Å². The van der Waals surface area contributed by atoms with Crippen molar-refractivity contribution in [1.82, 2.24) is 9.13 Å². The van der Waals surface area contributed by atoms with Crippen LogP contribution in [0.25, 0.3) is 66.1 Å². The normalized spacial score (nSPS) is 13.2. The van der Waals surface area contributed by atoms with Gasteiger partial charge in [-0.2, -0.15) is 0 Å². The lowest BCUT2D eigenvalue weighted by molar-refractivity contribution is 0.504. The van der Waals surface area contributed by atoms with E-state index in [0.29, 0.717) is 0 Å². The number of hydrogen-bond acceptors (Lipinski definition) is 0. The van der Waals surface area contributed by atoms with Crippen LogP contribution in [-0.2, 0) is 5.41 Å². The number of fused-ring (bicyclic) bond motifs is 6. The van der Waals surface area contributed by atoms with Gasteiger partial charge in [0.25, 0.3) is 0 Å². The molecular formula is C48H52N2. The van der Waals surface area contributed by atoms with Crippen LogP contribution in [0.4, 0.5) is 0 Å². The largest absolute Gasteiger partial charge is 0.309 e. The lowest BCUT2D eigenvalue weighted by Crippen LogP contribution is -2.10. The van der Waals surface area contributed by atoms with E-state index in [1.54, 1.807) is 0 Å². The standard InChI is InChI=1S/C46H46N2.C2H6/c1-9-14-35(24-19-31(2)45(3,4)5)47-41-17-12-10-15-37(41)39-29-32(20-27-43(39)47)33-21-28-44-40(30-33)38-16-11-13-18-42(38)48(44)36-25-22-34(23-26-36)46(6,7)8;1-2/h9-30H,1-8H3;1-2H3/b14-9-,31-19+,35-24+;. The number of nitrogens with zero attached hydrogens (tertiary/aromatic N) is 2. The number of benzene rings is 5. The van der Waals surface area contributed by atoms with Crippen molar-refractivity contribution < 1.29 is 0 Å². The number of rotatable bonds is 5. The quantitative estimate of drug-likeness (QED) is 0.163. The van der Waals surface area contributed by atoms with Gasteiger partial charge in [0, 0.05) is 32.9 Å². The third kappa shape index (κ3) is 6.36. The first-order valence-electron chi connectivity index (χ1n) is 18.2. The van der Waals surface area contributed by atoms with Gasteiger partial charge < -0.3 is 9.13 Å². The summed E-state index contributed by atoms with van der Waals surface area (Å²) >= 11 is 0. The lowest BCUT2D eigenvalue weighted by Gasteiger charge is -2.19. The summed E-state index contributed by atoms with van der Waals surface area (Å²) in [7, 11) is 0. The molecule has 0 aliphatic carbocycles. The van der Waals surface area contributed by atoms with E-state index in [9.17, 15) is 0 Å². The van der Waals surface area contributed by atoms with Crippen LogP contribution >= 0.6 is 0 Å². The highest BCUT2D eigenvalue weighted by Crippen LogP contribution is 2.38. The molecule has 0 bridgehead atoms. The highest BCUT2D eigenvalue weighted by atomic mass is 15.0. The van der Waals surface area contributed by atoms with Gasteiger partial charge in [-0.1, -0.05) is 134 Å². The maximum Gasteiger partial charge on any atom is 0.0541 e. The zero-order valence-corrected chi connectivity index (χ0v) is 31.6.